The van der Waals surface area contributed by atoms with E-state index < -0.39 is 0 Å². The number of aryl methyl sites for hydroxylation is 1. The molecule has 0 radical (unpaired) electrons. The molecular weight excluding hydrogens is 783 g/mol. The molecule has 3 heterocycles. The highest BCUT2D eigenvalue weighted by atomic mass is 16.3. The van der Waals surface area contributed by atoms with Crippen molar-refractivity contribution in [3.05, 3.63) is 198 Å². The average Bonchev–Trinajstić information content (AvgIpc) is 4.01. The van der Waals surface area contributed by atoms with E-state index in [9.17, 15) is 0 Å². The van der Waals surface area contributed by atoms with E-state index in [2.05, 4.69) is 199 Å². The molecule has 1 atom stereocenters. The van der Waals surface area contributed by atoms with E-state index in [4.69, 9.17) is 14.4 Å². The van der Waals surface area contributed by atoms with Crippen molar-refractivity contribution in [2.24, 2.45) is 9.98 Å². The topological polar surface area (TPSA) is 59.8 Å². The second-order valence-corrected chi connectivity index (χ2v) is 16.9. The van der Waals surface area contributed by atoms with Crippen LogP contribution in [0.1, 0.15) is 48.4 Å². The van der Waals surface area contributed by atoms with Crippen molar-refractivity contribution in [3.8, 4) is 16.8 Å². The lowest BCUT2D eigenvalue weighted by Crippen LogP contribution is -2.33. The van der Waals surface area contributed by atoms with Gasteiger partial charge >= 0.3 is 0 Å². The second kappa shape index (κ2) is 16.2. The minimum atomic E-state index is 0.363. The van der Waals surface area contributed by atoms with Gasteiger partial charge in [0.15, 0.2) is 0 Å². The normalized spacial score (nSPS) is 13.0. The summed E-state index contributed by atoms with van der Waals surface area (Å²) in [6.45, 7) is 7.61. The lowest BCUT2D eigenvalue weighted by Gasteiger charge is -2.20. The molecule has 0 saturated heterocycles. The molecule has 0 aliphatic rings. The Morgan fingerprint density at radius 1 is 0.625 bits per heavy atom. The smallest absolute Gasteiger partial charge is 0.140 e. The van der Waals surface area contributed by atoms with Crippen molar-refractivity contribution in [1.29, 1.82) is 0 Å². The second-order valence-electron chi connectivity index (χ2n) is 16.9. The van der Waals surface area contributed by atoms with Crippen molar-refractivity contribution in [3.63, 3.8) is 0 Å². The average molecular weight is 832 g/mol. The van der Waals surface area contributed by atoms with Crippen molar-refractivity contribution >= 4 is 77.2 Å². The number of furan rings is 1. The van der Waals surface area contributed by atoms with Crippen LogP contribution >= 0.6 is 0 Å². The Bertz CT molecular complexity index is 3620. The van der Waals surface area contributed by atoms with Crippen LogP contribution in [-0.4, -0.2) is 34.4 Å². The van der Waals surface area contributed by atoms with Crippen molar-refractivity contribution in [1.82, 2.24) is 14.5 Å². The van der Waals surface area contributed by atoms with Crippen LogP contribution in [0.25, 0.3) is 82.4 Å². The SMILES string of the molecule is CCC(C)c1cc(C(=NC)NCC(=NCc2cccc3c2oc2ccccc23)n2c3ccccc3c3ccc4c5ccccc5n(-c5ccccc5)c4c32)ccc1-c1ccccc1C. The van der Waals surface area contributed by atoms with Crippen LogP contribution in [0.4, 0.5) is 0 Å². The van der Waals surface area contributed by atoms with Gasteiger partial charge in [0.05, 0.1) is 35.2 Å². The maximum absolute atomic E-state index is 6.55. The summed E-state index contributed by atoms with van der Waals surface area (Å²) in [6.07, 6.45) is 1.03. The summed E-state index contributed by atoms with van der Waals surface area (Å²) in [5.74, 6) is 2.05. The molecule has 11 aromatic rings. The van der Waals surface area contributed by atoms with Crippen molar-refractivity contribution in [2.75, 3.05) is 13.6 Å². The number of nitrogens with one attached hydrogen (secondary N) is 1. The van der Waals surface area contributed by atoms with Gasteiger partial charge in [-0.15, -0.1) is 0 Å². The molecule has 3 aromatic heterocycles. The van der Waals surface area contributed by atoms with Crippen LogP contribution in [-0.2, 0) is 6.54 Å². The van der Waals surface area contributed by atoms with Gasteiger partial charge < -0.3 is 14.3 Å². The fourth-order valence-electron chi connectivity index (χ4n) is 9.86. The van der Waals surface area contributed by atoms with Gasteiger partial charge in [-0.05, 0) is 77.9 Å². The van der Waals surface area contributed by atoms with Gasteiger partial charge in [-0.1, -0.05) is 153 Å². The Labute approximate surface area is 372 Å². The van der Waals surface area contributed by atoms with Crippen LogP contribution in [0.5, 0.6) is 0 Å². The maximum atomic E-state index is 6.55. The Balaban J connectivity index is 1.12. The largest absolute Gasteiger partial charge is 0.456 e. The molecule has 0 fully saturated rings. The van der Waals surface area contributed by atoms with Crippen LogP contribution in [0.15, 0.2) is 190 Å². The quantitative estimate of drug-likeness (QED) is 0.116. The summed E-state index contributed by atoms with van der Waals surface area (Å²) in [6, 6.07) is 63.0. The number of hydrogen-bond acceptors (Lipinski definition) is 3. The first-order valence-electron chi connectivity index (χ1n) is 22.4. The Kier molecular flexibility index (Phi) is 9.92. The van der Waals surface area contributed by atoms with E-state index >= 15 is 0 Å². The molecule has 1 unspecified atom stereocenters. The Morgan fingerprint density at radius 2 is 1.30 bits per heavy atom. The monoisotopic (exact) mass is 831 g/mol. The maximum Gasteiger partial charge on any atom is 0.140 e. The molecule has 0 bridgehead atoms. The van der Waals surface area contributed by atoms with Crippen LogP contribution in [0, 0.1) is 6.92 Å². The molecule has 11 rings (SSSR count). The highest BCUT2D eigenvalue weighted by Gasteiger charge is 2.23. The van der Waals surface area contributed by atoms with E-state index in [0.717, 1.165) is 78.9 Å². The molecule has 0 aliphatic carbocycles. The zero-order chi connectivity index (χ0) is 43.3. The fraction of sp³-hybridized carbons (Fsp3) is 0.138. The number of hydrogen-bond donors (Lipinski definition) is 1. The van der Waals surface area contributed by atoms with E-state index in [0.29, 0.717) is 19.0 Å². The highest BCUT2D eigenvalue weighted by molar-refractivity contribution is 6.26. The Hall–Kier alpha value is -7.70. The minimum Gasteiger partial charge on any atom is -0.456 e. The minimum absolute atomic E-state index is 0.363. The number of fused-ring (bicyclic) bond motifs is 10. The molecule has 0 amide bonds. The molecule has 0 spiro atoms. The number of rotatable bonds is 9. The van der Waals surface area contributed by atoms with E-state index in [-0.39, 0.29) is 0 Å². The summed E-state index contributed by atoms with van der Waals surface area (Å²) in [5.41, 5.74) is 14.6. The molecule has 0 aliphatic heterocycles. The molecule has 0 saturated carbocycles. The van der Waals surface area contributed by atoms with Gasteiger partial charge in [0.1, 0.15) is 22.8 Å². The molecule has 6 nitrogen and oxygen atoms in total. The Morgan fingerprint density at radius 3 is 2.08 bits per heavy atom. The lowest BCUT2D eigenvalue weighted by atomic mass is 9.87. The first-order valence-corrected chi connectivity index (χ1v) is 22.4. The standard InChI is InChI=1S/C58H49N5O/c1-5-37(2)50-34-39(30-31-43(50)42-22-10-9-18-38(42)3)58(59-4)61-36-54(60-35-40-19-17-26-49-46-25-13-16-29-53(46)64-57(40)49)63-52-28-15-12-24-45(52)48-33-32-47-44-23-11-14-27-51(44)62(55(47)56(48)63)41-20-7-6-8-21-41/h6-34,37H,5,35-36H2,1-4H3,(H,59,61). The molecule has 8 aromatic carbocycles. The van der Waals surface area contributed by atoms with Crippen LogP contribution < -0.4 is 5.32 Å². The zero-order valence-electron chi connectivity index (χ0n) is 36.6. The first-order chi connectivity index (χ1) is 31.5. The molecule has 64 heavy (non-hydrogen) atoms. The number of aromatic nitrogens is 2. The van der Waals surface area contributed by atoms with Crippen molar-refractivity contribution < 1.29 is 4.42 Å². The fourth-order valence-corrected chi connectivity index (χ4v) is 9.86. The predicted molar refractivity (Wildman–Crippen MR) is 270 cm³/mol. The third kappa shape index (κ3) is 6.48. The van der Waals surface area contributed by atoms with Gasteiger partial charge in [0.2, 0.25) is 0 Å². The summed E-state index contributed by atoms with van der Waals surface area (Å²) in [5, 5.41) is 10.8. The third-order valence-corrected chi connectivity index (χ3v) is 13.2. The van der Waals surface area contributed by atoms with Crippen LogP contribution in [0.3, 0.4) is 0 Å². The highest BCUT2D eigenvalue weighted by Crippen LogP contribution is 2.41. The lowest BCUT2D eigenvalue weighted by molar-refractivity contribution is 0.662. The van der Waals surface area contributed by atoms with E-state index in [1.807, 2.05) is 19.2 Å². The summed E-state index contributed by atoms with van der Waals surface area (Å²) in [4.78, 5) is 10.6. The summed E-state index contributed by atoms with van der Waals surface area (Å²) >= 11 is 0. The number of benzene rings is 8. The van der Waals surface area contributed by atoms with Crippen LogP contribution in [0.2, 0.25) is 0 Å². The van der Waals surface area contributed by atoms with Crippen molar-refractivity contribution in [2.45, 2.75) is 39.7 Å². The molecular formula is C58H49N5O. The van der Waals surface area contributed by atoms with Gasteiger partial charge in [-0.3, -0.25) is 14.6 Å². The molecule has 6 heteroatoms. The first kappa shape index (κ1) is 39.2. The van der Waals surface area contributed by atoms with Gasteiger partial charge in [0.25, 0.3) is 0 Å². The molecule has 1 N–H and O–H groups in total. The van der Waals surface area contributed by atoms with Gasteiger partial charge in [0, 0.05) is 56.2 Å². The number of aliphatic imine (C=N–C) groups is 2. The third-order valence-electron chi connectivity index (χ3n) is 13.2. The number of amidine groups is 1. The number of nitrogens with zero attached hydrogens (tertiary/aromatic N) is 4. The van der Waals surface area contributed by atoms with E-state index in [1.165, 1.54) is 43.8 Å². The van der Waals surface area contributed by atoms with Gasteiger partial charge in [-0.2, -0.15) is 0 Å². The van der Waals surface area contributed by atoms with E-state index in [1.54, 1.807) is 0 Å². The summed E-state index contributed by atoms with van der Waals surface area (Å²) < 4.78 is 11.4. The predicted octanol–water partition coefficient (Wildman–Crippen LogP) is 14.4. The number of para-hydroxylation sites is 5. The molecule has 312 valence electrons. The zero-order valence-corrected chi connectivity index (χ0v) is 36.6. The van der Waals surface area contributed by atoms with Gasteiger partial charge in [-0.25, -0.2) is 0 Å². The summed E-state index contributed by atoms with van der Waals surface area (Å²) in [7, 11) is 1.88.